The molecular formula is C12H8ClN5O2. The number of amides is 1. The van der Waals surface area contributed by atoms with Gasteiger partial charge in [-0.15, -0.1) is 10.2 Å². The Kier molecular flexibility index (Phi) is 2.96. The van der Waals surface area contributed by atoms with Gasteiger partial charge in [-0.1, -0.05) is 11.6 Å². The molecule has 0 atom stereocenters. The van der Waals surface area contributed by atoms with E-state index in [-0.39, 0.29) is 16.5 Å². The normalized spacial score (nSPS) is 10.7. The highest BCUT2D eigenvalue weighted by molar-refractivity contribution is 6.29. The van der Waals surface area contributed by atoms with Crippen LogP contribution in [0.3, 0.4) is 0 Å². The van der Waals surface area contributed by atoms with Gasteiger partial charge in [0, 0.05) is 5.69 Å². The van der Waals surface area contributed by atoms with Crippen molar-refractivity contribution in [2.75, 3.05) is 5.32 Å². The average Bonchev–Trinajstić information content (AvgIpc) is 2.78. The molecule has 2 heterocycles. The molecule has 0 saturated carbocycles. The molecule has 0 spiro atoms. The van der Waals surface area contributed by atoms with Crippen LogP contribution < -0.4 is 11.0 Å². The summed E-state index contributed by atoms with van der Waals surface area (Å²) in [4.78, 5) is 28.3. The minimum absolute atomic E-state index is 0.150. The molecule has 2 aromatic heterocycles. The molecule has 0 unspecified atom stereocenters. The maximum atomic E-state index is 11.9. The quantitative estimate of drug-likeness (QED) is 0.666. The van der Waals surface area contributed by atoms with E-state index in [1.165, 1.54) is 12.1 Å². The Balaban J connectivity index is 1.86. The molecule has 100 valence electrons. The highest BCUT2D eigenvalue weighted by Gasteiger charge is 2.09. The fourth-order valence-electron chi connectivity index (χ4n) is 1.74. The van der Waals surface area contributed by atoms with Crippen LogP contribution in [0.1, 0.15) is 10.5 Å². The van der Waals surface area contributed by atoms with Crippen molar-refractivity contribution < 1.29 is 4.79 Å². The van der Waals surface area contributed by atoms with Crippen molar-refractivity contribution in [3.63, 3.8) is 0 Å². The van der Waals surface area contributed by atoms with Crippen molar-refractivity contribution in [2.24, 2.45) is 0 Å². The predicted molar refractivity (Wildman–Crippen MR) is 73.9 cm³/mol. The molecule has 20 heavy (non-hydrogen) atoms. The summed E-state index contributed by atoms with van der Waals surface area (Å²) in [7, 11) is 0. The number of hydrogen-bond acceptors (Lipinski definition) is 4. The molecule has 3 aromatic rings. The van der Waals surface area contributed by atoms with Crippen LogP contribution in [0.4, 0.5) is 5.69 Å². The van der Waals surface area contributed by atoms with Gasteiger partial charge in [-0.05, 0) is 30.3 Å². The van der Waals surface area contributed by atoms with Crippen molar-refractivity contribution >= 4 is 34.2 Å². The second-order valence-corrected chi connectivity index (χ2v) is 4.42. The summed E-state index contributed by atoms with van der Waals surface area (Å²) in [6, 6.07) is 7.97. The van der Waals surface area contributed by atoms with E-state index in [0.29, 0.717) is 16.7 Å². The Bertz CT molecular complexity index is 837. The molecule has 1 aromatic carbocycles. The summed E-state index contributed by atoms with van der Waals surface area (Å²) in [5, 5.41) is 10.2. The molecule has 7 nitrogen and oxygen atoms in total. The third kappa shape index (κ3) is 2.39. The molecule has 0 aliphatic rings. The Morgan fingerprint density at radius 3 is 2.65 bits per heavy atom. The van der Waals surface area contributed by atoms with Crippen LogP contribution in [-0.4, -0.2) is 26.1 Å². The lowest BCUT2D eigenvalue weighted by Gasteiger charge is -2.04. The zero-order valence-electron chi connectivity index (χ0n) is 9.98. The molecule has 3 N–H and O–H groups in total. The number of halogens is 1. The maximum Gasteiger partial charge on any atom is 0.323 e. The second kappa shape index (κ2) is 4.78. The number of anilines is 1. The van der Waals surface area contributed by atoms with Gasteiger partial charge in [0.1, 0.15) is 0 Å². The highest BCUT2D eigenvalue weighted by Crippen LogP contribution is 2.15. The number of carbonyl (C=O) groups excluding carboxylic acids is 1. The summed E-state index contributed by atoms with van der Waals surface area (Å²) >= 11 is 5.60. The van der Waals surface area contributed by atoms with Gasteiger partial charge in [-0.2, -0.15) is 0 Å². The number of nitrogens with one attached hydrogen (secondary N) is 3. The van der Waals surface area contributed by atoms with Crippen LogP contribution in [0.15, 0.2) is 35.1 Å². The van der Waals surface area contributed by atoms with E-state index < -0.39 is 5.91 Å². The van der Waals surface area contributed by atoms with E-state index in [9.17, 15) is 9.59 Å². The molecule has 0 aliphatic heterocycles. The first-order chi connectivity index (χ1) is 9.61. The number of aromatic amines is 2. The maximum absolute atomic E-state index is 11.9. The largest absolute Gasteiger partial charge is 0.323 e. The smallest absolute Gasteiger partial charge is 0.321 e. The SMILES string of the molecule is O=C(Nc1ccc2[nH]c(=O)[nH]c2c1)c1ccc(Cl)nn1. The lowest BCUT2D eigenvalue weighted by Crippen LogP contribution is -2.14. The fourth-order valence-corrected chi connectivity index (χ4v) is 1.84. The topological polar surface area (TPSA) is 104 Å². The standard InChI is InChI=1S/C12H8ClN5O2/c13-10-4-3-8(17-18-10)11(19)14-6-1-2-7-9(5-6)16-12(20)15-7/h1-5H,(H,14,19)(H2,15,16,20). The van der Waals surface area contributed by atoms with Crippen LogP contribution in [-0.2, 0) is 0 Å². The van der Waals surface area contributed by atoms with Crippen LogP contribution in [0.25, 0.3) is 11.0 Å². The third-order valence-corrected chi connectivity index (χ3v) is 2.84. The average molecular weight is 290 g/mol. The summed E-state index contributed by atoms with van der Waals surface area (Å²) in [5.74, 6) is -0.411. The van der Waals surface area contributed by atoms with Gasteiger partial charge in [-0.25, -0.2) is 4.79 Å². The van der Waals surface area contributed by atoms with E-state index >= 15 is 0 Å². The molecule has 3 rings (SSSR count). The second-order valence-electron chi connectivity index (χ2n) is 4.03. The van der Waals surface area contributed by atoms with Crippen molar-refractivity contribution in [3.05, 3.63) is 51.7 Å². The summed E-state index contributed by atoms with van der Waals surface area (Å²) in [6.45, 7) is 0. The van der Waals surface area contributed by atoms with Gasteiger partial charge < -0.3 is 15.3 Å². The van der Waals surface area contributed by atoms with Gasteiger partial charge in [-0.3, -0.25) is 4.79 Å². The first kappa shape index (κ1) is 12.4. The Morgan fingerprint density at radius 1 is 1.10 bits per heavy atom. The van der Waals surface area contributed by atoms with E-state index in [1.54, 1.807) is 18.2 Å². The van der Waals surface area contributed by atoms with Gasteiger partial charge >= 0.3 is 5.69 Å². The minimum atomic E-state index is -0.411. The minimum Gasteiger partial charge on any atom is -0.321 e. The highest BCUT2D eigenvalue weighted by atomic mass is 35.5. The number of aromatic nitrogens is 4. The number of carbonyl (C=O) groups is 1. The molecular weight excluding hydrogens is 282 g/mol. The molecule has 0 fully saturated rings. The first-order valence-electron chi connectivity index (χ1n) is 5.64. The van der Waals surface area contributed by atoms with Gasteiger partial charge in [0.25, 0.3) is 5.91 Å². The third-order valence-electron chi connectivity index (χ3n) is 2.64. The lowest BCUT2D eigenvalue weighted by atomic mass is 10.2. The van der Waals surface area contributed by atoms with Crippen LogP contribution >= 0.6 is 11.6 Å². The fraction of sp³-hybridized carbons (Fsp3) is 0. The van der Waals surface area contributed by atoms with Crippen molar-refractivity contribution in [1.29, 1.82) is 0 Å². The first-order valence-corrected chi connectivity index (χ1v) is 6.02. The number of benzene rings is 1. The monoisotopic (exact) mass is 289 g/mol. The summed E-state index contributed by atoms with van der Waals surface area (Å²) in [6.07, 6.45) is 0. The molecule has 8 heteroatoms. The zero-order valence-corrected chi connectivity index (χ0v) is 10.7. The summed E-state index contributed by atoms with van der Waals surface area (Å²) in [5.41, 5.74) is 1.66. The number of imidazole rings is 1. The van der Waals surface area contributed by atoms with Gasteiger partial charge in [0.05, 0.1) is 11.0 Å². The summed E-state index contributed by atoms with van der Waals surface area (Å²) < 4.78 is 0. The van der Waals surface area contributed by atoms with Crippen LogP contribution in [0.5, 0.6) is 0 Å². The van der Waals surface area contributed by atoms with Gasteiger partial charge in [0.15, 0.2) is 10.8 Å². The van der Waals surface area contributed by atoms with E-state index in [4.69, 9.17) is 11.6 Å². The number of hydrogen-bond donors (Lipinski definition) is 3. The van der Waals surface area contributed by atoms with E-state index in [2.05, 4.69) is 25.5 Å². The molecule has 1 amide bonds. The predicted octanol–water partition coefficient (Wildman–Crippen LogP) is 1.55. The Morgan fingerprint density at radius 2 is 1.90 bits per heavy atom. The Labute approximate surface area is 117 Å². The number of fused-ring (bicyclic) bond motifs is 1. The van der Waals surface area contributed by atoms with Crippen LogP contribution in [0.2, 0.25) is 5.15 Å². The molecule has 0 saturated heterocycles. The van der Waals surface area contributed by atoms with E-state index in [0.717, 1.165) is 0 Å². The molecule has 0 radical (unpaired) electrons. The lowest BCUT2D eigenvalue weighted by molar-refractivity contribution is 0.102. The number of rotatable bonds is 2. The van der Waals surface area contributed by atoms with E-state index in [1.807, 2.05) is 0 Å². The van der Waals surface area contributed by atoms with Crippen LogP contribution in [0, 0.1) is 0 Å². The molecule has 0 aliphatic carbocycles. The van der Waals surface area contributed by atoms with Crippen molar-refractivity contribution in [1.82, 2.24) is 20.2 Å². The van der Waals surface area contributed by atoms with Crippen molar-refractivity contribution in [3.8, 4) is 0 Å². The molecule has 0 bridgehead atoms. The number of nitrogens with zero attached hydrogens (tertiary/aromatic N) is 2. The van der Waals surface area contributed by atoms with Gasteiger partial charge in [0.2, 0.25) is 0 Å². The Hall–Kier alpha value is -2.67. The number of H-pyrrole nitrogens is 2. The zero-order chi connectivity index (χ0) is 14.1. The van der Waals surface area contributed by atoms with Crippen molar-refractivity contribution in [2.45, 2.75) is 0 Å².